The van der Waals surface area contributed by atoms with Crippen LogP contribution in [0.3, 0.4) is 0 Å². The molecule has 0 heterocycles. The molecular formula is C6H13LiO. The van der Waals surface area contributed by atoms with E-state index in [1.807, 2.05) is 0 Å². The third kappa shape index (κ3) is 9.75. The Morgan fingerprint density at radius 1 is 1.25 bits per heavy atom. The summed E-state index contributed by atoms with van der Waals surface area (Å²) in [6, 6.07) is 0. The summed E-state index contributed by atoms with van der Waals surface area (Å²) >= 11 is 0. The minimum Gasteiger partial charge on any atom is -0.854 e. The van der Waals surface area contributed by atoms with Crippen LogP contribution in [0.25, 0.3) is 0 Å². The molecular weight excluding hydrogens is 95.0 g/mol. The summed E-state index contributed by atoms with van der Waals surface area (Å²) < 4.78 is 0. The summed E-state index contributed by atoms with van der Waals surface area (Å²) in [5.74, 6) is 0. The van der Waals surface area contributed by atoms with E-state index in [0.717, 1.165) is 6.42 Å². The molecule has 2 heteroatoms. The predicted molar refractivity (Wildman–Crippen MR) is 28.9 cm³/mol. The first kappa shape index (κ1) is 11.4. The molecule has 0 fully saturated rings. The van der Waals surface area contributed by atoms with Crippen molar-refractivity contribution in [2.75, 3.05) is 6.61 Å². The Morgan fingerprint density at radius 3 is 1.62 bits per heavy atom. The van der Waals surface area contributed by atoms with Crippen LogP contribution in [0.4, 0.5) is 0 Å². The van der Waals surface area contributed by atoms with E-state index >= 15 is 0 Å². The summed E-state index contributed by atoms with van der Waals surface area (Å²) in [5, 5.41) is 9.95. The monoisotopic (exact) mass is 108 g/mol. The smallest absolute Gasteiger partial charge is 0.854 e. The predicted octanol–water partition coefficient (Wildman–Crippen LogP) is -2.21. The van der Waals surface area contributed by atoms with E-state index < -0.39 is 0 Å². The fraction of sp³-hybridized carbons (Fsp3) is 1.00. The van der Waals surface area contributed by atoms with Gasteiger partial charge in [0.05, 0.1) is 0 Å². The standard InChI is InChI=1S/C6H13O.Li/c1-6(2,3)4-5-7;/h4-5H2,1-3H3;/q-1;+1. The van der Waals surface area contributed by atoms with Crippen LogP contribution < -0.4 is 24.0 Å². The fourth-order valence-corrected chi connectivity index (χ4v) is 0.306. The van der Waals surface area contributed by atoms with Gasteiger partial charge in [-0.25, -0.2) is 0 Å². The maximum atomic E-state index is 9.95. The first-order valence-electron chi connectivity index (χ1n) is 2.64. The van der Waals surface area contributed by atoms with E-state index in [-0.39, 0.29) is 30.9 Å². The largest absolute Gasteiger partial charge is 1.00 e. The van der Waals surface area contributed by atoms with E-state index in [1.165, 1.54) is 0 Å². The van der Waals surface area contributed by atoms with Gasteiger partial charge in [0.2, 0.25) is 0 Å². The molecule has 0 rings (SSSR count). The minimum atomic E-state index is 0. The van der Waals surface area contributed by atoms with Gasteiger partial charge in [0, 0.05) is 0 Å². The molecule has 0 aliphatic rings. The molecule has 8 heavy (non-hydrogen) atoms. The first-order valence-corrected chi connectivity index (χ1v) is 2.64. The fourth-order valence-electron chi connectivity index (χ4n) is 0.306. The maximum Gasteiger partial charge on any atom is 1.00 e. The zero-order chi connectivity index (χ0) is 5.91. The van der Waals surface area contributed by atoms with Crippen LogP contribution in [0.2, 0.25) is 0 Å². The van der Waals surface area contributed by atoms with Gasteiger partial charge in [-0.2, -0.15) is 0 Å². The Kier molecular flexibility index (Phi) is 6.31. The zero-order valence-electron chi connectivity index (χ0n) is 6.32. The molecule has 0 amide bonds. The number of rotatable bonds is 1. The van der Waals surface area contributed by atoms with Gasteiger partial charge in [-0.1, -0.05) is 27.2 Å². The Balaban J connectivity index is 0. The van der Waals surface area contributed by atoms with Crippen molar-refractivity contribution in [3.05, 3.63) is 0 Å². The van der Waals surface area contributed by atoms with Gasteiger partial charge in [-0.15, -0.1) is 6.61 Å². The van der Waals surface area contributed by atoms with Crippen molar-refractivity contribution >= 4 is 0 Å². The molecule has 0 aromatic heterocycles. The van der Waals surface area contributed by atoms with Crippen molar-refractivity contribution in [3.63, 3.8) is 0 Å². The van der Waals surface area contributed by atoms with Crippen molar-refractivity contribution < 1.29 is 24.0 Å². The number of hydrogen-bond acceptors (Lipinski definition) is 1. The Hall–Kier alpha value is 0.557. The second-order valence-corrected chi connectivity index (χ2v) is 3.01. The van der Waals surface area contributed by atoms with E-state index in [0.29, 0.717) is 0 Å². The van der Waals surface area contributed by atoms with E-state index in [1.54, 1.807) is 0 Å². The van der Waals surface area contributed by atoms with E-state index in [9.17, 15) is 5.11 Å². The van der Waals surface area contributed by atoms with Crippen molar-refractivity contribution in [3.8, 4) is 0 Å². The van der Waals surface area contributed by atoms with Crippen LogP contribution in [-0.4, -0.2) is 6.61 Å². The van der Waals surface area contributed by atoms with Crippen LogP contribution in [-0.2, 0) is 0 Å². The molecule has 0 saturated heterocycles. The summed E-state index contributed by atoms with van der Waals surface area (Å²) in [5.41, 5.74) is 0.238. The number of hydrogen-bond donors (Lipinski definition) is 0. The van der Waals surface area contributed by atoms with Crippen LogP contribution in [0.1, 0.15) is 27.2 Å². The summed E-state index contributed by atoms with van der Waals surface area (Å²) in [6.45, 7) is 6.28. The second kappa shape index (κ2) is 4.44. The zero-order valence-corrected chi connectivity index (χ0v) is 6.32. The second-order valence-electron chi connectivity index (χ2n) is 3.01. The molecule has 0 aliphatic heterocycles. The average molecular weight is 108 g/mol. The molecule has 0 N–H and O–H groups in total. The van der Waals surface area contributed by atoms with Gasteiger partial charge in [-0.3, -0.25) is 0 Å². The molecule has 44 valence electrons. The van der Waals surface area contributed by atoms with Crippen LogP contribution in [0.5, 0.6) is 0 Å². The Morgan fingerprint density at radius 2 is 1.62 bits per heavy atom. The SMILES string of the molecule is CC(C)(C)CC[O-].[Li+]. The summed E-state index contributed by atoms with van der Waals surface area (Å²) in [6.07, 6.45) is 0.785. The molecule has 0 radical (unpaired) electrons. The van der Waals surface area contributed by atoms with Gasteiger partial charge >= 0.3 is 18.9 Å². The van der Waals surface area contributed by atoms with Gasteiger partial charge in [0.25, 0.3) is 0 Å². The first-order chi connectivity index (χ1) is 3.06. The molecule has 0 unspecified atom stereocenters. The van der Waals surface area contributed by atoms with E-state index in [4.69, 9.17) is 0 Å². The molecule has 0 aromatic rings. The minimum absolute atomic E-state index is 0. The molecule has 0 aliphatic carbocycles. The van der Waals surface area contributed by atoms with Gasteiger partial charge in [0.15, 0.2) is 0 Å². The summed E-state index contributed by atoms with van der Waals surface area (Å²) in [7, 11) is 0. The Bertz CT molecular complexity index is 47.0. The average Bonchev–Trinajstić information content (AvgIpc) is 1.30. The molecule has 0 aromatic carbocycles. The van der Waals surface area contributed by atoms with Gasteiger partial charge < -0.3 is 5.11 Å². The van der Waals surface area contributed by atoms with Crippen molar-refractivity contribution in [2.45, 2.75) is 27.2 Å². The summed E-state index contributed by atoms with van der Waals surface area (Å²) in [4.78, 5) is 0. The van der Waals surface area contributed by atoms with Crippen molar-refractivity contribution in [1.82, 2.24) is 0 Å². The van der Waals surface area contributed by atoms with Crippen LogP contribution >= 0.6 is 0 Å². The van der Waals surface area contributed by atoms with Gasteiger partial charge in [-0.05, 0) is 5.41 Å². The molecule has 0 spiro atoms. The van der Waals surface area contributed by atoms with Crippen LogP contribution in [0.15, 0.2) is 0 Å². The molecule has 1 nitrogen and oxygen atoms in total. The Labute approximate surface area is 63.7 Å². The van der Waals surface area contributed by atoms with Crippen LogP contribution in [0, 0.1) is 5.41 Å². The third-order valence-corrected chi connectivity index (χ3v) is 0.852. The topological polar surface area (TPSA) is 23.1 Å². The molecule has 0 atom stereocenters. The van der Waals surface area contributed by atoms with Crippen molar-refractivity contribution in [2.24, 2.45) is 5.41 Å². The van der Waals surface area contributed by atoms with E-state index in [2.05, 4.69) is 20.8 Å². The quantitative estimate of drug-likeness (QED) is 0.349. The maximum absolute atomic E-state index is 9.95. The molecule has 0 bridgehead atoms. The third-order valence-electron chi connectivity index (χ3n) is 0.852. The van der Waals surface area contributed by atoms with Gasteiger partial charge in [0.1, 0.15) is 0 Å². The molecule has 0 saturated carbocycles. The van der Waals surface area contributed by atoms with Crippen molar-refractivity contribution in [1.29, 1.82) is 0 Å². The normalized spacial score (nSPS) is 10.5.